The van der Waals surface area contributed by atoms with E-state index in [0.29, 0.717) is 13.0 Å². The predicted octanol–water partition coefficient (Wildman–Crippen LogP) is 2.10. The Bertz CT molecular complexity index is 771. The van der Waals surface area contributed by atoms with E-state index >= 15 is 0 Å². The quantitative estimate of drug-likeness (QED) is 0.587. The first-order valence-corrected chi connectivity index (χ1v) is 12.2. The highest BCUT2D eigenvalue weighted by Crippen LogP contribution is 2.19. The lowest BCUT2D eigenvalue weighted by Crippen LogP contribution is -2.56. The second kappa shape index (κ2) is 12.5. The number of nitrogens with one attached hydrogen (secondary N) is 2. The number of carbonyl (C=O) groups is 2. The van der Waals surface area contributed by atoms with Crippen molar-refractivity contribution in [3.63, 3.8) is 0 Å². The van der Waals surface area contributed by atoms with Crippen LogP contribution in [0.1, 0.15) is 39.7 Å². The number of nitrogens with zero attached hydrogens (tertiary/aromatic N) is 2. The maximum absolute atomic E-state index is 13.1. The Balaban J connectivity index is 1.50. The normalized spacial score (nSPS) is 23.3. The Hall–Kier alpha value is -2.00. The van der Waals surface area contributed by atoms with Gasteiger partial charge >= 0.3 is 0 Å². The largest absolute Gasteiger partial charge is 0.379 e. The summed E-state index contributed by atoms with van der Waals surface area (Å²) >= 11 is 0. The van der Waals surface area contributed by atoms with Crippen LogP contribution >= 0.6 is 0 Å². The van der Waals surface area contributed by atoms with Crippen molar-refractivity contribution in [3.8, 4) is 0 Å². The average molecular weight is 461 g/mol. The molecule has 0 aliphatic carbocycles. The van der Waals surface area contributed by atoms with Gasteiger partial charge < -0.3 is 20.1 Å². The monoisotopic (exact) mass is 460 g/mol. The molecule has 2 aliphatic rings. The number of anilines is 1. The Morgan fingerprint density at radius 2 is 1.82 bits per heavy atom. The van der Waals surface area contributed by atoms with Gasteiger partial charge in [-0.1, -0.05) is 26.0 Å². The van der Waals surface area contributed by atoms with Crippen molar-refractivity contribution < 1.29 is 19.1 Å². The van der Waals surface area contributed by atoms with E-state index in [1.54, 1.807) is 0 Å². The molecule has 0 saturated carbocycles. The van der Waals surface area contributed by atoms with Gasteiger partial charge in [0.2, 0.25) is 11.8 Å². The first-order chi connectivity index (χ1) is 15.8. The van der Waals surface area contributed by atoms with E-state index in [4.69, 9.17) is 9.47 Å². The topological polar surface area (TPSA) is 83.1 Å². The van der Waals surface area contributed by atoms with Crippen molar-refractivity contribution in [2.75, 3.05) is 51.3 Å². The van der Waals surface area contributed by atoms with Crippen LogP contribution in [0.15, 0.2) is 24.3 Å². The Kier molecular flexibility index (Phi) is 9.67. The van der Waals surface area contributed by atoms with E-state index in [1.165, 1.54) is 0 Å². The van der Waals surface area contributed by atoms with Crippen molar-refractivity contribution in [1.29, 1.82) is 0 Å². The van der Waals surface area contributed by atoms with Gasteiger partial charge in [0.05, 0.1) is 31.5 Å². The Morgan fingerprint density at radius 1 is 1.12 bits per heavy atom. The minimum atomic E-state index is -0.193. The maximum atomic E-state index is 13.1. The minimum absolute atomic E-state index is 0.00175. The summed E-state index contributed by atoms with van der Waals surface area (Å²) in [6.07, 6.45) is 0.686. The Labute approximate surface area is 198 Å². The van der Waals surface area contributed by atoms with Crippen LogP contribution in [-0.2, 0) is 25.6 Å². The van der Waals surface area contributed by atoms with Gasteiger partial charge in [0.25, 0.3) is 0 Å². The molecule has 8 nitrogen and oxygen atoms in total. The highest BCUT2D eigenvalue weighted by molar-refractivity contribution is 5.90. The van der Waals surface area contributed by atoms with Gasteiger partial charge in [-0.05, 0) is 37.5 Å². The van der Waals surface area contributed by atoms with Crippen molar-refractivity contribution in [3.05, 3.63) is 29.8 Å². The molecule has 1 aromatic rings. The molecule has 2 aliphatic heterocycles. The number of rotatable bonds is 9. The number of ether oxygens (including phenoxy) is 2. The molecule has 2 N–H and O–H groups in total. The molecule has 2 amide bonds. The van der Waals surface area contributed by atoms with Crippen LogP contribution in [0, 0.1) is 5.92 Å². The summed E-state index contributed by atoms with van der Waals surface area (Å²) in [7, 11) is 0. The summed E-state index contributed by atoms with van der Waals surface area (Å²) in [5, 5.41) is 6.08. The number of morpholine rings is 2. The molecule has 3 unspecified atom stereocenters. The van der Waals surface area contributed by atoms with Crippen LogP contribution in [0.5, 0.6) is 0 Å². The molecule has 2 saturated heterocycles. The molecule has 184 valence electrons. The maximum Gasteiger partial charge on any atom is 0.237 e. The van der Waals surface area contributed by atoms with Gasteiger partial charge in [-0.2, -0.15) is 0 Å². The summed E-state index contributed by atoms with van der Waals surface area (Å²) in [6, 6.07) is 7.49. The van der Waals surface area contributed by atoms with Crippen LogP contribution in [0.4, 0.5) is 5.69 Å². The summed E-state index contributed by atoms with van der Waals surface area (Å²) in [6.45, 7) is 14.2. The number of benzene rings is 1. The fourth-order valence-electron chi connectivity index (χ4n) is 4.70. The zero-order chi connectivity index (χ0) is 23.8. The van der Waals surface area contributed by atoms with Gasteiger partial charge in [-0.25, -0.2) is 0 Å². The van der Waals surface area contributed by atoms with Crippen molar-refractivity contribution in [2.45, 2.75) is 58.9 Å². The standard InChI is InChI=1S/C25H40N4O4/c1-18(2)24(29-16-19(3)33-20(4)17-29)25(31)26-15-21-6-5-7-22(14-21)27-23(30)8-9-28-10-12-32-13-11-28/h5-7,14,18-20,24H,8-13,15-17H2,1-4H3,(H,26,31)(H,27,30). The molecule has 2 heterocycles. The van der Waals surface area contributed by atoms with E-state index in [9.17, 15) is 9.59 Å². The lowest BCUT2D eigenvalue weighted by atomic mass is 9.99. The first-order valence-electron chi connectivity index (χ1n) is 12.2. The second-order valence-electron chi connectivity index (χ2n) is 9.57. The second-order valence-corrected chi connectivity index (χ2v) is 9.57. The molecule has 0 bridgehead atoms. The van der Waals surface area contributed by atoms with Gasteiger partial charge in [-0.3, -0.25) is 19.4 Å². The molecule has 2 fully saturated rings. The van der Waals surface area contributed by atoms with Crippen LogP contribution in [0.3, 0.4) is 0 Å². The van der Waals surface area contributed by atoms with Crippen LogP contribution in [-0.4, -0.2) is 85.8 Å². The van der Waals surface area contributed by atoms with Gasteiger partial charge in [0.15, 0.2) is 0 Å². The predicted molar refractivity (Wildman–Crippen MR) is 129 cm³/mol. The fraction of sp³-hybridized carbons (Fsp3) is 0.680. The molecule has 33 heavy (non-hydrogen) atoms. The molecule has 0 spiro atoms. The molecule has 3 atom stereocenters. The summed E-state index contributed by atoms with van der Waals surface area (Å²) in [5.41, 5.74) is 1.71. The summed E-state index contributed by atoms with van der Waals surface area (Å²) in [4.78, 5) is 29.9. The first kappa shape index (κ1) is 25.6. The number of amides is 2. The van der Waals surface area contributed by atoms with E-state index in [1.807, 2.05) is 24.3 Å². The highest BCUT2D eigenvalue weighted by atomic mass is 16.5. The molecule has 8 heteroatoms. The zero-order valence-corrected chi connectivity index (χ0v) is 20.5. The molecular weight excluding hydrogens is 420 g/mol. The SMILES string of the molecule is CC1CN(C(C(=O)NCc2cccc(NC(=O)CCN3CCOCC3)c2)C(C)C)CC(C)O1. The van der Waals surface area contributed by atoms with E-state index in [-0.39, 0.29) is 36.0 Å². The van der Waals surface area contributed by atoms with E-state index in [2.05, 4.69) is 48.1 Å². The minimum Gasteiger partial charge on any atom is -0.379 e. The van der Waals surface area contributed by atoms with Crippen molar-refractivity contribution >= 4 is 17.5 Å². The molecule has 3 rings (SSSR count). The number of hydrogen-bond acceptors (Lipinski definition) is 6. The third-order valence-electron chi connectivity index (χ3n) is 6.18. The molecule has 0 radical (unpaired) electrons. The third kappa shape index (κ3) is 8.07. The van der Waals surface area contributed by atoms with Crippen molar-refractivity contribution in [1.82, 2.24) is 15.1 Å². The summed E-state index contributed by atoms with van der Waals surface area (Å²) < 4.78 is 11.2. The van der Waals surface area contributed by atoms with E-state index in [0.717, 1.165) is 57.2 Å². The third-order valence-corrected chi connectivity index (χ3v) is 6.18. The average Bonchev–Trinajstić information content (AvgIpc) is 2.76. The fourth-order valence-corrected chi connectivity index (χ4v) is 4.70. The van der Waals surface area contributed by atoms with Gasteiger partial charge in [0.1, 0.15) is 0 Å². The Morgan fingerprint density at radius 3 is 2.48 bits per heavy atom. The molecule has 0 aromatic heterocycles. The smallest absolute Gasteiger partial charge is 0.237 e. The number of carbonyl (C=O) groups excluding carboxylic acids is 2. The zero-order valence-electron chi connectivity index (χ0n) is 20.5. The van der Waals surface area contributed by atoms with Gasteiger partial charge in [0, 0.05) is 51.4 Å². The summed E-state index contributed by atoms with van der Waals surface area (Å²) in [5.74, 6) is 0.226. The van der Waals surface area contributed by atoms with Crippen LogP contribution in [0.2, 0.25) is 0 Å². The molecular formula is C25H40N4O4. The highest BCUT2D eigenvalue weighted by Gasteiger charge is 2.34. The lowest BCUT2D eigenvalue weighted by molar-refractivity contribution is -0.135. The molecule has 1 aromatic carbocycles. The van der Waals surface area contributed by atoms with Crippen molar-refractivity contribution in [2.24, 2.45) is 5.92 Å². The lowest BCUT2D eigenvalue weighted by Gasteiger charge is -2.41. The van der Waals surface area contributed by atoms with Gasteiger partial charge in [-0.15, -0.1) is 0 Å². The van der Waals surface area contributed by atoms with Crippen LogP contribution in [0.25, 0.3) is 0 Å². The number of hydrogen-bond donors (Lipinski definition) is 2. The van der Waals surface area contributed by atoms with E-state index < -0.39 is 0 Å². The van der Waals surface area contributed by atoms with Crippen LogP contribution < -0.4 is 10.6 Å².